The number of hydrogen-bond acceptors (Lipinski definition) is 7. The van der Waals surface area contributed by atoms with Crippen molar-refractivity contribution >= 4 is 22.6 Å². The summed E-state index contributed by atoms with van der Waals surface area (Å²) >= 11 is 1.34. The predicted octanol–water partition coefficient (Wildman–Crippen LogP) is 4.03. The van der Waals surface area contributed by atoms with E-state index in [1.54, 1.807) is 18.6 Å². The molecule has 0 fully saturated rings. The third-order valence-electron chi connectivity index (χ3n) is 4.51. The van der Waals surface area contributed by atoms with Crippen LogP contribution < -0.4 is 10.2 Å². The van der Waals surface area contributed by atoms with Gasteiger partial charge < -0.3 is 19.1 Å². The van der Waals surface area contributed by atoms with Crippen LogP contribution in [0.2, 0.25) is 0 Å². The zero-order valence-electron chi connectivity index (χ0n) is 16.4. The van der Waals surface area contributed by atoms with Crippen molar-refractivity contribution in [1.82, 2.24) is 14.7 Å². The van der Waals surface area contributed by atoms with Gasteiger partial charge in [0.05, 0.1) is 25.6 Å². The van der Waals surface area contributed by atoms with E-state index in [0.29, 0.717) is 32.5 Å². The molecule has 1 N–H and O–H groups in total. The zero-order chi connectivity index (χ0) is 20.6. The molecule has 1 aromatic carbocycles. The molecular weight excluding hydrogens is 400 g/mol. The Bertz CT molecular complexity index is 1030. The number of aromatic nitrogens is 2. The van der Waals surface area contributed by atoms with Gasteiger partial charge in [-0.3, -0.25) is 4.79 Å². The number of anilines is 1. The molecule has 0 aliphatic carbocycles. The van der Waals surface area contributed by atoms with Gasteiger partial charge in [-0.2, -0.15) is 4.37 Å². The zero-order valence-corrected chi connectivity index (χ0v) is 17.2. The second-order valence-electron chi connectivity index (χ2n) is 6.76. The Balaban J connectivity index is 1.39. The summed E-state index contributed by atoms with van der Waals surface area (Å²) in [4.78, 5) is 19.0. The number of nitrogens with one attached hydrogen (secondary N) is 1. The van der Waals surface area contributed by atoms with Crippen molar-refractivity contribution in [2.24, 2.45) is 0 Å². The largest absolute Gasteiger partial charge is 0.467 e. The minimum absolute atomic E-state index is 0.0510. The van der Waals surface area contributed by atoms with E-state index in [1.807, 2.05) is 41.3 Å². The van der Waals surface area contributed by atoms with Gasteiger partial charge in [0.15, 0.2) is 0 Å². The number of rotatable bonds is 10. The summed E-state index contributed by atoms with van der Waals surface area (Å²) in [5.41, 5.74) is 1.16. The molecule has 154 valence electrons. The van der Waals surface area contributed by atoms with Crippen LogP contribution in [0, 0.1) is 0 Å². The number of furan rings is 2. The highest BCUT2D eigenvalue weighted by atomic mass is 32.1. The van der Waals surface area contributed by atoms with Gasteiger partial charge in [-0.25, -0.2) is 4.98 Å². The molecule has 0 atom stereocenters. The van der Waals surface area contributed by atoms with E-state index in [2.05, 4.69) is 21.8 Å². The van der Waals surface area contributed by atoms with Crippen molar-refractivity contribution in [1.29, 1.82) is 0 Å². The van der Waals surface area contributed by atoms with Gasteiger partial charge in [0.1, 0.15) is 17.3 Å². The minimum Gasteiger partial charge on any atom is -0.467 e. The fraction of sp³-hybridized carbons (Fsp3) is 0.227. The fourth-order valence-electron chi connectivity index (χ4n) is 2.98. The van der Waals surface area contributed by atoms with E-state index in [1.165, 1.54) is 11.5 Å². The van der Waals surface area contributed by atoms with Crippen molar-refractivity contribution in [2.45, 2.75) is 25.9 Å². The smallest absolute Gasteiger partial charge is 0.222 e. The molecule has 0 aliphatic heterocycles. The van der Waals surface area contributed by atoms with Gasteiger partial charge in [0.25, 0.3) is 0 Å². The topological polar surface area (TPSA) is 84.4 Å². The maximum Gasteiger partial charge on any atom is 0.222 e. The summed E-state index contributed by atoms with van der Waals surface area (Å²) in [6, 6.07) is 17.5. The van der Waals surface area contributed by atoms with Gasteiger partial charge in [0.2, 0.25) is 11.0 Å². The molecule has 0 unspecified atom stereocenters. The van der Waals surface area contributed by atoms with Crippen molar-refractivity contribution < 1.29 is 13.6 Å². The molecule has 0 radical (unpaired) electrons. The van der Waals surface area contributed by atoms with Crippen molar-refractivity contribution in [2.75, 3.05) is 11.4 Å². The normalized spacial score (nSPS) is 10.8. The van der Waals surface area contributed by atoms with E-state index < -0.39 is 0 Å². The van der Waals surface area contributed by atoms with Crippen LogP contribution in [-0.4, -0.2) is 21.8 Å². The minimum atomic E-state index is -0.0510. The van der Waals surface area contributed by atoms with E-state index in [4.69, 9.17) is 13.8 Å². The maximum absolute atomic E-state index is 12.3. The number of amides is 1. The third kappa shape index (κ3) is 5.57. The van der Waals surface area contributed by atoms with Crippen molar-refractivity contribution in [3.05, 3.63) is 90.0 Å². The summed E-state index contributed by atoms with van der Waals surface area (Å²) in [5.74, 6) is 2.26. The van der Waals surface area contributed by atoms with Gasteiger partial charge in [-0.1, -0.05) is 30.3 Å². The molecular formula is C22H22N4O3S. The summed E-state index contributed by atoms with van der Waals surface area (Å²) < 4.78 is 15.2. The van der Waals surface area contributed by atoms with Crippen LogP contribution in [0.1, 0.15) is 29.3 Å². The van der Waals surface area contributed by atoms with Gasteiger partial charge >= 0.3 is 0 Å². The Morgan fingerprint density at radius 3 is 2.50 bits per heavy atom. The molecule has 1 amide bonds. The maximum atomic E-state index is 12.3. The molecule has 0 bridgehead atoms. The Morgan fingerprint density at radius 1 is 1.00 bits per heavy atom. The Kier molecular flexibility index (Phi) is 6.56. The van der Waals surface area contributed by atoms with Crippen molar-refractivity contribution in [3.63, 3.8) is 0 Å². The number of nitrogens with zero attached hydrogens (tertiary/aromatic N) is 3. The summed E-state index contributed by atoms with van der Waals surface area (Å²) in [5, 5.41) is 3.65. The van der Waals surface area contributed by atoms with E-state index in [-0.39, 0.29) is 5.91 Å². The highest BCUT2D eigenvalue weighted by molar-refractivity contribution is 7.09. The van der Waals surface area contributed by atoms with Gasteiger partial charge in [-0.15, -0.1) is 0 Å². The standard InChI is InChI=1S/C22H22N4O3S/c27-21(23-15-18-8-4-12-28-18)10-11-26(16-19-9-5-13-29-19)22-24-20(25-30-22)14-17-6-2-1-3-7-17/h1-9,12-13H,10-11,14-16H2,(H,23,27). The highest BCUT2D eigenvalue weighted by Crippen LogP contribution is 2.22. The van der Waals surface area contributed by atoms with Crippen molar-refractivity contribution in [3.8, 4) is 0 Å². The average molecular weight is 423 g/mol. The summed E-state index contributed by atoms with van der Waals surface area (Å²) in [6.45, 7) is 1.41. The number of hydrogen-bond donors (Lipinski definition) is 1. The van der Waals surface area contributed by atoms with Crippen LogP contribution in [0.4, 0.5) is 5.13 Å². The molecule has 3 aromatic heterocycles. The molecule has 0 spiro atoms. The van der Waals surface area contributed by atoms with Crippen LogP contribution in [0.25, 0.3) is 0 Å². The molecule has 3 heterocycles. The first-order valence-corrected chi connectivity index (χ1v) is 10.5. The second-order valence-corrected chi connectivity index (χ2v) is 7.49. The molecule has 0 saturated carbocycles. The van der Waals surface area contributed by atoms with Gasteiger partial charge in [0, 0.05) is 30.9 Å². The van der Waals surface area contributed by atoms with Gasteiger partial charge in [-0.05, 0) is 29.8 Å². The predicted molar refractivity (Wildman–Crippen MR) is 114 cm³/mol. The number of benzene rings is 1. The lowest BCUT2D eigenvalue weighted by molar-refractivity contribution is -0.121. The van der Waals surface area contributed by atoms with Crippen LogP contribution in [-0.2, 0) is 24.3 Å². The Hall–Kier alpha value is -3.39. The lowest BCUT2D eigenvalue weighted by Crippen LogP contribution is -2.30. The average Bonchev–Trinajstić information content (AvgIpc) is 3.53. The van der Waals surface area contributed by atoms with Crippen LogP contribution in [0.15, 0.2) is 76.0 Å². The molecule has 4 aromatic rings. The first-order chi connectivity index (χ1) is 14.8. The lowest BCUT2D eigenvalue weighted by Gasteiger charge is -2.19. The molecule has 7 nitrogen and oxygen atoms in total. The molecule has 30 heavy (non-hydrogen) atoms. The SMILES string of the molecule is O=C(CCN(Cc1ccco1)c1nc(Cc2ccccc2)ns1)NCc1ccco1. The molecule has 0 aliphatic rings. The molecule has 4 rings (SSSR count). The Morgan fingerprint density at radius 2 is 1.77 bits per heavy atom. The van der Waals surface area contributed by atoms with Crippen LogP contribution in [0.3, 0.4) is 0 Å². The number of carbonyl (C=O) groups is 1. The Labute approximate surface area is 178 Å². The fourth-order valence-corrected chi connectivity index (χ4v) is 3.69. The second kappa shape index (κ2) is 9.89. The lowest BCUT2D eigenvalue weighted by atomic mass is 10.1. The van der Waals surface area contributed by atoms with E-state index in [9.17, 15) is 4.79 Å². The van der Waals surface area contributed by atoms with Crippen LogP contribution >= 0.6 is 11.5 Å². The molecule has 0 saturated heterocycles. The van der Waals surface area contributed by atoms with Crippen LogP contribution in [0.5, 0.6) is 0 Å². The van der Waals surface area contributed by atoms with E-state index >= 15 is 0 Å². The molecule has 8 heteroatoms. The van der Waals surface area contributed by atoms with E-state index in [0.717, 1.165) is 28.0 Å². The first kappa shape index (κ1) is 19.9. The monoisotopic (exact) mass is 422 g/mol. The summed E-state index contributed by atoms with van der Waals surface area (Å²) in [6.07, 6.45) is 4.24. The number of carbonyl (C=O) groups excluding carboxylic acids is 1. The summed E-state index contributed by atoms with van der Waals surface area (Å²) in [7, 11) is 0. The highest BCUT2D eigenvalue weighted by Gasteiger charge is 2.16. The first-order valence-electron chi connectivity index (χ1n) is 9.69. The quantitative estimate of drug-likeness (QED) is 0.415. The third-order valence-corrected chi connectivity index (χ3v) is 5.32.